The Bertz CT molecular complexity index is 1160. The van der Waals surface area contributed by atoms with Crippen molar-refractivity contribution < 1.29 is 24.5 Å². The van der Waals surface area contributed by atoms with E-state index in [1.165, 1.54) is 327 Å². The molecule has 6 nitrogen and oxygen atoms in total. The maximum Gasteiger partial charge on any atom is 0.305 e. The average molecular weight is 1090 g/mol. The highest BCUT2D eigenvalue weighted by molar-refractivity contribution is 5.76. The fourth-order valence-corrected chi connectivity index (χ4v) is 11.4. The first-order valence-corrected chi connectivity index (χ1v) is 35.4. The SMILES string of the molecule is CCCCCCCC/C=C\CCCCCCCCCC(=O)OCCCCCCCCCCCCCCCCCCCCCCCCCCCCCCCCCC(=O)NC(CO)C(O)CCCCCCCCCCCCCC. The number of hydrogen-bond donors (Lipinski definition) is 3. The van der Waals surface area contributed by atoms with Crippen LogP contribution >= 0.6 is 0 Å². The standard InChI is InChI=1S/C71H139NO5/c1-3-5-7-9-11-13-15-17-18-34-38-41-45-49-53-57-61-65-71(76)77-66-62-58-54-50-46-42-39-36-33-31-29-27-25-23-21-19-20-22-24-26-28-30-32-35-37-40-44-48-52-56-60-64-70(75)72-68(67-73)69(74)63-59-55-51-47-43-16-14-12-10-8-6-4-2/h17-18,68-69,73-74H,3-16,19-67H2,1-2H3,(H,72,75)/b18-17-. The molecule has 77 heavy (non-hydrogen) atoms. The Morgan fingerprint density at radius 3 is 0.922 bits per heavy atom. The van der Waals surface area contributed by atoms with Gasteiger partial charge >= 0.3 is 5.97 Å². The highest BCUT2D eigenvalue weighted by Crippen LogP contribution is 2.19. The fourth-order valence-electron chi connectivity index (χ4n) is 11.4. The van der Waals surface area contributed by atoms with E-state index in [-0.39, 0.29) is 18.5 Å². The highest BCUT2D eigenvalue weighted by Gasteiger charge is 2.20. The molecule has 0 aromatic heterocycles. The van der Waals surface area contributed by atoms with Crippen LogP contribution < -0.4 is 5.32 Å². The summed E-state index contributed by atoms with van der Waals surface area (Å²) in [5.74, 6) is -0.0106. The molecule has 0 spiro atoms. The second-order valence-electron chi connectivity index (χ2n) is 24.6. The lowest BCUT2D eigenvalue weighted by molar-refractivity contribution is -0.143. The number of nitrogens with one attached hydrogen (secondary N) is 1. The molecular weight excluding hydrogens is 947 g/mol. The zero-order valence-electron chi connectivity index (χ0n) is 52.5. The molecule has 0 aromatic rings. The molecule has 0 fully saturated rings. The third kappa shape index (κ3) is 63.6. The molecule has 0 saturated carbocycles. The zero-order valence-corrected chi connectivity index (χ0v) is 52.5. The van der Waals surface area contributed by atoms with Gasteiger partial charge in [0.25, 0.3) is 0 Å². The van der Waals surface area contributed by atoms with Crippen LogP contribution in [0.4, 0.5) is 0 Å². The summed E-state index contributed by atoms with van der Waals surface area (Å²) in [7, 11) is 0. The molecule has 458 valence electrons. The average Bonchev–Trinajstić information content (AvgIpc) is 3.43. The van der Waals surface area contributed by atoms with Crippen LogP contribution in [0.3, 0.4) is 0 Å². The first kappa shape index (κ1) is 75.6. The van der Waals surface area contributed by atoms with Crippen LogP contribution in [0.25, 0.3) is 0 Å². The quantitative estimate of drug-likeness (QED) is 0.0320. The third-order valence-electron chi connectivity index (χ3n) is 16.8. The van der Waals surface area contributed by atoms with Crippen LogP contribution in [-0.4, -0.2) is 47.4 Å². The van der Waals surface area contributed by atoms with Gasteiger partial charge in [-0.05, 0) is 51.4 Å². The van der Waals surface area contributed by atoms with Gasteiger partial charge in [-0.15, -0.1) is 0 Å². The van der Waals surface area contributed by atoms with E-state index in [1.54, 1.807) is 0 Å². The number of carbonyl (C=O) groups is 2. The molecule has 0 saturated heterocycles. The van der Waals surface area contributed by atoms with Gasteiger partial charge in [0.05, 0.1) is 25.4 Å². The summed E-state index contributed by atoms with van der Waals surface area (Å²) >= 11 is 0. The number of ether oxygens (including phenoxy) is 1. The lowest BCUT2D eigenvalue weighted by atomic mass is 10.0. The van der Waals surface area contributed by atoms with Crippen molar-refractivity contribution in [3.05, 3.63) is 12.2 Å². The molecular formula is C71H139NO5. The predicted molar refractivity (Wildman–Crippen MR) is 338 cm³/mol. The van der Waals surface area contributed by atoms with Crippen molar-refractivity contribution in [3.63, 3.8) is 0 Å². The Labute approximate surface area is 482 Å². The van der Waals surface area contributed by atoms with E-state index in [9.17, 15) is 19.8 Å². The van der Waals surface area contributed by atoms with E-state index in [4.69, 9.17) is 4.74 Å². The molecule has 0 radical (unpaired) electrons. The number of hydrogen-bond acceptors (Lipinski definition) is 5. The number of rotatable bonds is 67. The Kier molecular flexibility index (Phi) is 65.9. The van der Waals surface area contributed by atoms with Crippen LogP contribution in [0.5, 0.6) is 0 Å². The summed E-state index contributed by atoms with van der Waals surface area (Å²) in [5, 5.41) is 23.3. The number of amides is 1. The maximum atomic E-state index is 12.5. The molecule has 0 aliphatic heterocycles. The molecule has 3 N–H and O–H groups in total. The van der Waals surface area contributed by atoms with Crippen molar-refractivity contribution in [3.8, 4) is 0 Å². The Balaban J connectivity index is 3.29. The first-order valence-electron chi connectivity index (χ1n) is 35.4. The van der Waals surface area contributed by atoms with Crippen molar-refractivity contribution in [1.82, 2.24) is 5.32 Å². The molecule has 0 aliphatic carbocycles. The summed E-state index contributed by atoms with van der Waals surface area (Å²) < 4.78 is 5.51. The Morgan fingerprint density at radius 1 is 0.351 bits per heavy atom. The summed E-state index contributed by atoms with van der Waals surface area (Å²) in [6.45, 7) is 4.98. The summed E-state index contributed by atoms with van der Waals surface area (Å²) in [5.41, 5.74) is 0. The minimum atomic E-state index is -0.659. The summed E-state index contributed by atoms with van der Waals surface area (Å²) in [6, 6.07) is -0.536. The number of esters is 1. The van der Waals surface area contributed by atoms with Gasteiger partial charge in [-0.3, -0.25) is 9.59 Å². The van der Waals surface area contributed by atoms with Crippen LogP contribution in [0.2, 0.25) is 0 Å². The van der Waals surface area contributed by atoms with Gasteiger partial charge in [-0.1, -0.05) is 353 Å². The molecule has 0 heterocycles. The molecule has 0 bridgehead atoms. The van der Waals surface area contributed by atoms with Gasteiger partial charge in [0, 0.05) is 12.8 Å². The van der Waals surface area contributed by atoms with Gasteiger partial charge < -0.3 is 20.3 Å². The molecule has 1 amide bonds. The number of unbranched alkanes of at least 4 members (excludes halogenated alkanes) is 54. The van der Waals surface area contributed by atoms with E-state index in [0.717, 1.165) is 44.9 Å². The van der Waals surface area contributed by atoms with E-state index in [0.29, 0.717) is 25.9 Å². The number of allylic oxidation sites excluding steroid dienone is 2. The van der Waals surface area contributed by atoms with E-state index in [2.05, 4.69) is 31.3 Å². The van der Waals surface area contributed by atoms with Crippen molar-refractivity contribution in [2.45, 2.75) is 418 Å². The second kappa shape index (κ2) is 67.1. The van der Waals surface area contributed by atoms with Crippen molar-refractivity contribution >= 4 is 11.9 Å². The summed E-state index contributed by atoms with van der Waals surface area (Å²) in [4.78, 5) is 24.6. The lowest BCUT2D eigenvalue weighted by Crippen LogP contribution is -2.45. The number of aliphatic hydroxyl groups is 2. The lowest BCUT2D eigenvalue weighted by Gasteiger charge is -2.22. The predicted octanol–water partition coefficient (Wildman–Crippen LogP) is 22.8. The Morgan fingerprint density at radius 2 is 0.610 bits per heavy atom. The van der Waals surface area contributed by atoms with Crippen molar-refractivity contribution in [2.75, 3.05) is 13.2 Å². The summed E-state index contributed by atoms with van der Waals surface area (Å²) in [6.07, 6.45) is 82.7. The van der Waals surface area contributed by atoms with E-state index < -0.39 is 12.1 Å². The largest absolute Gasteiger partial charge is 0.466 e. The highest BCUT2D eigenvalue weighted by atomic mass is 16.5. The van der Waals surface area contributed by atoms with Crippen molar-refractivity contribution in [2.24, 2.45) is 0 Å². The number of aliphatic hydroxyl groups excluding tert-OH is 2. The van der Waals surface area contributed by atoms with Crippen LogP contribution in [0.15, 0.2) is 12.2 Å². The minimum Gasteiger partial charge on any atom is -0.466 e. The van der Waals surface area contributed by atoms with E-state index in [1.807, 2.05) is 0 Å². The minimum absolute atomic E-state index is 0.0182. The first-order chi connectivity index (χ1) is 38.0. The van der Waals surface area contributed by atoms with Gasteiger partial charge in [-0.2, -0.15) is 0 Å². The molecule has 6 heteroatoms. The molecule has 2 unspecified atom stereocenters. The van der Waals surface area contributed by atoms with Gasteiger partial charge in [0.15, 0.2) is 0 Å². The second-order valence-corrected chi connectivity index (χ2v) is 24.6. The van der Waals surface area contributed by atoms with Gasteiger partial charge in [-0.25, -0.2) is 0 Å². The maximum absolute atomic E-state index is 12.5. The smallest absolute Gasteiger partial charge is 0.305 e. The molecule has 2 atom stereocenters. The normalized spacial score (nSPS) is 12.5. The molecule has 0 aliphatic rings. The fraction of sp³-hybridized carbons (Fsp3) is 0.944. The monoisotopic (exact) mass is 1090 g/mol. The zero-order chi connectivity index (χ0) is 55.7. The molecule has 0 rings (SSSR count). The third-order valence-corrected chi connectivity index (χ3v) is 16.8. The molecule has 0 aromatic carbocycles. The topological polar surface area (TPSA) is 95.9 Å². The number of carbonyl (C=O) groups excluding carboxylic acids is 2. The van der Waals surface area contributed by atoms with Crippen LogP contribution in [-0.2, 0) is 14.3 Å². The Hall–Kier alpha value is -1.40. The van der Waals surface area contributed by atoms with Gasteiger partial charge in [0.2, 0.25) is 5.91 Å². The van der Waals surface area contributed by atoms with Gasteiger partial charge in [0.1, 0.15) is 0 Å². The van der Waals surface area contributed by atoms with E-state index >= 15 is 0 Å². The van der Waals surface area contributed by atoms with Crippen molar-refractivity contribution in [1.29, 1.82) is 0 Å². The van der Waals surface area contributed by atoms with Crippen LogP contribution in [0.1, 0.15) is 406 Å². The van der Waals surface area contributed by atoms with Crippen LogP contribution in [0, 0.1) is 0 Å².